The van der Waals surface area contributed by atoms with E-state index in [0.29, 0.717) is 12.6 Å². The fraction of sp³-hybridized carbons (Fsp3) is 0.474. The molecule has 0 aliphatic rings. The molecule has 0 aliphatic carbocycles. The molecule has 1 aromatic heterocycles. The summed E-state index contributed by atoms with van der Waals surface area (Å²) >= 11 is 0. The lowest BCUT2D eigenvalue weighted by atomic mass is 10.0. The Balaban J connectivity index is 0.00000312. The van der Waals surface area contributed by atoms with Gasteiger partial charge in [-0.25, -0.2) is 4.68 Å². The quantitative estimate of drug-likeness (QED) is 0.377. The first kappa shape index (κ1) is 21.5. The van der Waals surface area contributed by atoms with E-state index < -0.39 is 0 Å². The second-order valence-corrected chi connectivity index (χ2v) is 6.57. The molecule has 2 N–H and O–H groups in total. The molecule has 138 valence electrons. The van der Waals surface area contributed by atoms with E-state index in [1.807, 2.05) is 47.4 Å². The van der Waals surface area contributed by atoms with Gasteiger partial charge in [0.25, 0.3) is 0 Å². The highest BCUT2D eigenvalue weighted by atomic mass is 127. The van der Waals surface area contributed by atoms with Crippen molar-refractivity contribution in [3.8, 4) is 5.69 Å². The molecule has 0 fully saturated rings. The van der Waals surface area contributed by atoms with Crippen molar-refractivity contribution in [2.24, 2.45) is 10.9 Å². The van der Waals surface area contributed by atoms with Crippen LogP contribution in [0.3, 0.4) is 0 Å². The molecule has 0 saturated carbocycles. The number of rotatable bonds is 7. The van der Waals surface area contributed by atoms with Gasteiger partial charge in [-0.3, -0.25) is 4.99 Å². The first-order chi connectivity index (χ1) is 11.6. The summed E-state index contributed by atoms with van der Waals surface area (Å²) in [6.45, 7) is 7.40. The molecule has 0 aliphatic heterocycles. The van der Waals surface area contributed by atoms with Crippen LogP contribution in [0.5, 0.6) is 0 Å². The van der Waals surface area contributed by atoms with Crippen LogP contribution in [-0.2, 0) is 6.54 Å². The van der Waals surface area contributed by atoms with E-state index in [1.54, 1.807) is 7.05 Å². The summed E-state index contributed by atoms with van der Waals surface area (Å²) in [6, 6.07) is 10.5. The number of nitrogens with zero attached hydrogens (tertiary/aromatic N) is 3. The molecule has 2 aromatic rings. The maximum absolute atomic E-state index is 4.42. The number of hydrogen-bond acceptors (Lipinski definition) is 2. The van der Waals surface area contributed by atoms with Gasteiger partial charge in [-0.15, -0.1) is 24.0 Å². The van der Waals surface area contributed by atoms with E-state index >= 15 is 0 Å². The number of aromatic nitrogens is 2. The van der Waals surface area contributed by atoms with Crippen molar-refractivity contribution in [1.29, 1.82) is 0 Å². The van der Waals surface area contributed by atoms with Crippen molar-refractivity contribution < 1.29 is 0 Å². The number of para-hydroxylation sites is 1. The average molecular weight is 455 g/mol. The number of nitrogens with one attached hydrogen (secondary N) is 2. The number of aliphatic imine (C=N–C) groups is 1. The maximum Gasteiger partial charge on any atom is 0.191 e. The van der Waals surface area contributed by atoms with Crippen molar-refractivity contribution in [3.05, 3.63) is 48.3 Å². The van der Waals surface area contributed by atoms with Crippen molar-refractivity contribution in [3.63, 3.8) is 0 Å². The molecular formula is C19H30IN5. The lowest BCUT2D eigenvalue weighted by Crippen LogP contribution is -2.41. The second kappa shape index (κ2) is 11.1. The first-order valence-corrected chi connectivity index (χ1v) is 8.64. The summed E-state index contributed by atoms with van der Waals surface area (Å²) in [6.07, 6.45) is 6.28. The van der Waals surface area contributed by atoms with Gasteiger partial charge in [0, 0.05) is 31.4 Å². The molecule has 0 radical (unpaired) electrons. The normalized spacial score (nSPS) is 12.6. The predicted octanol–water partition coefficient (Wildman–Crippen LogP) is 3.98. The summed E-state index contributed by atoms with van der Waals surface area (Å²) < 4.78 is 1.89. The van der Waals surface area contributed by atoms with E-state index in [0.717, 1.165) is 29.5 Å². The number of guanidine groups is 1. The number of benzene rings is 1. The molecule has 1 atom stereocenters. The van der Waals surface area contributed by atoms with Gasteiger partial charge in [0.15, 0.2) is 5.96 Å². The molecule has 5 nitrogen and oxygen atoms in total. The zero-order valence-corrected chi connectivity index (χ0v) is 17.9. The van der Waals surface area contributed by atoms with E-state index in [9.17, 15) is 0 Å². The Labute approximate surface area is 168 Å². The van der Waals surface area contributed by atoms with E-state index in [4.69, 9.17) is 0 Å². The Morgan fingerprint density at radius 2 is 1.88 bits per heavy atom. The SMILES string of the molecule is CN=C(NCc1cnn(-c2ccccc2)c1)NC(C)CCC(C)C.I. The van der Waals surface area contributed by atoms with Crippen molar-refractivity contribution in [2.75, 3.05) is 7.05 Å². The smallest absolute Gasteiger partial charge is 0.191 e. The van der Waals surface area contributed by atoms with Crippen LogP contribution in [0.2, 0.25) is 0 Å². The summed E-state index contributed by atoms with van der Waals surface area (Å²) in [5.41, 5.74) is 2.19. The molecule has 0 saturated heterocycles. The standard InChI is InChI=1S/C19H29N5.HI/c1-15(2)10-11-16(3)23-19(20-4)21-12-17-13-22-24(14-17)18-8-6-5-7-9-18;/h5-9,13-16H,10-12H2,1-4H3,(H2,20,21,23);1H. The third-order valence-corrected chi connectivity index (χ3v) is 3.90. The Hall–Kier alpha value is -1.57. The fourth-order valence-electron chi connectivity index (χ4n) is 2.44. The van der Waals surface area contributed by atoms with E-state index in [2.05, 4.69) is 41.5 Å². The number of hydrogen-bond donors (Lipinski definition) is 2. The zero-order chi connectivity index (χ0) is 17.4. The maximum atomic E-state index is 4.42. The van der Waals surface area contributed by atoms with Crippen molar-refractivity contribution in [1.82, 2.24) is 20.4 Å². The Morgan fingerprint density at radius 1 is 1.16 bits per heavy atom. The first-order valence-electron chi connectivity index (χ1n) is 8.64. The van der Waals surface area contributed by atoms with Gasteiger partial charge in [0.2, 0.25) is 0 Å². The Kier molecular flexibility index (Phi) is 9.55. The summed E-state index contributed by atoms with van der Waals surface area (Å²) in [7, 11) is 1.80. The van der Waals surface area contributed by atoms with Gasteiger partial charge in [-0.05, 0) is 37.8 Å². The van der Waals surface area contributed by atoms with Crippen LogP contribution in [0.1, 0.15) is 39.2 Å². The molecule has 6 heteroatoms. The molecule has 25 heavy (non-hydrogen) atoms. The minimum atomic E-state index is 0. The molecule has 0 spiro atoms. The van der Waals surface area contributed by atoms with Crippen molar-refractivity contribution >= 4 is 29.9 Å². The monoisotopic (exact) mass is 455 g/mol. The summed E-state index contributed by atoms with van der Waals surface area (Å²) in [5, 5.41) is 11.2. The van der Waals surface area contributed by atoms with Crippen LogP contribution in [0.15, 0.2) is 47.7 Å². The molecule has 1 aromatic carbocycles. The minimum absolute atomic E-state index is 0. The third kappa shape index (κ3) is 7.46. The van der Waals surface area contributed by atoms with Crippen LogP contribution >= 0.6 is 24.0 Å². The van der Waals surface area contributed by atoms with E-state index in [1.165, 1.54) is 6.42 Å². The Morgan fingerprint density at radius 3 is 2.52 bits per heavy atom. The van der Waals surface area contributed by atoms with Crippen LogP contribution < -0.4 is 10.6 Å². The highest BCUT2D eigenvalue weighted by molar-refractivity contribution is 14.0. The largest absolute Gasteiger partial charge is 0.354 e. The second-order valence-electron chi connectivity index (χ2n) is 6.57. The molecule has 0 bridgehead atoms. The molecular weight excluding hydrogens is 425 g/mol. The predicted molar refractivity (Wildman–Crippen MR) is 116 cm³/mol. The Bertz CT molecular complexity index is 636. The minimum Gasteiger partial charge on any atom is -0.354 e. The highest BCUT2D eigenvalue weighted by Gasteiger charge is 2.07. The van der Waals surface area contributed by atoms with Crippen LogP contribution in [0.25, 0.3) is 5.69 Å². The molecule has 0 amide bonds. The molecule has 1 unspecified atom stereocenters. The lowest BCUT2D eigenvalue weighted by molar-refractivity contribution is 0.489. The van der Waals surface area contributed by atoms with Gasteiger partial charge in [0.05, 0.1) is 11.9 Å². The fourth-order valence-corrected chi connectivity index (χ4v) is 2.44. The highest BCUT2D eigenvalue weighted by Crippen LogP contribution is 2.08. The molecule has 2 rings (SSSR count). The van der Waals surface area contributed by atoms with Crippen LogP contribution in [-0.4, -0.2) is 28.8 Å². The topological polar surface area (TPSA) is 54.2 Å². The molecule has 1 heterocycles. The van der Waals surface area contributed by atoms with Gasteiger partial charge >= 0.3 is 0 Å². The lowest BCUT2D eigenvalue weighted by Gasteiger charge is -2.18. The van der Waals surface area contributed by atoms with Crippen molar-refractivity contribution in [2.45, 2.75) is 46.2 Å². The zero-order valence-electron chi connectivity index (χ0n) is 15.6. The van der Waals surface area contributed by atoms with Gasteiger partial charge in [-0.1, -0.05) is 32.0 Å². The average Bonchev–Trinajstić information content (AvgIpc) is 3.06. The van der Waals surface area contributed by atoms with Crippen LogP contribution in [0, 0.1) is 5.92 Å². The van der Waals surface area contributed by atoms with E-state index in [-0.39, 0.29) is 24.0 Å². The van der Waals surface area contributed by atoms with Crippen LogP contribution in [0.4, 0.5) is 0 Å². The summed E-state index contributed by atoms with van der Waals surface area (Å²) in [5.74, 6) is 1.56. The third-order valence-electron chi connectivity index (χ3n) is 3.90. The van der Waals surface area contributed by atoms with Gasteiger partial charge in [0.1, 0.15) is 0 Å². The number of halogens is 1. The summed E-state index contributed by atoms with van der Waals surface area (Å²) in [4.78, 5) is 4.30. The van der Waals surface area contributed by atoms with Gasteiger partial charge in [-0.2, -0.15) is 5.10 Å². The van der Waals surface area contributed by atoms with Gasteiger partial charge < -0.3 is 10.6 Å².